The molecule has 0 heterocycles. The van der Waals surface area contributed by atoms with Crippen LogP contribution in [-0.2, 0) is 0 Å². The third kappa shape index (κ3) is 2.23. The normalized spacial score (nSPS) is 24.9. The average Bonchev–Trinajstić information content (AvgIpc) is 2.29. The SMILES string of the molecule is CCCNC1CCC(C)c2ccccc21. The van der Waals surface area contributed by atoms with Gasteiger partial charge in [-0.3, -0.25) is 0 Å². The van der Waals surface area contributed by atoms with Gasteiger partial charge in [0, 0.05) is 6.04 Å². The molecule has 2 unspecified atom stereocenters. The molecular weight excluding hydrogens is 182 g/mol. The number of hydrogen-bond donors (Lipinski definition) is 1. The first-order valence-corrected chi connectivity index (χ1v) is 6.15. The van der Waals surface area contributed by atoms with Gasteiger partial charge in [0.2, 0.25) is 0 Å². The molecule has 0 saturated heterocycles. The Balaban J connectivity index is 2.20. The van der Waals surface area contributed by atoms with Crippen molar-refractivity contribution in [2.24, 2.45) is 0 Å². The van der Waals surface area contributed by atoms with Gasteiger partial charge in [-0.05, 0) is 42.9 Å². The Hall–Kier alpha value is -0.820. The van der Waals surface area contributed by atoms with Crippen LogP contribution in [0.15, 0.2) is 24.3 Å². The van der Waals surface area contributed by atoms with Crippen LogP contribution in [0.5, 0.6) is 0 Å². The summed E-state index contributed by atoms with van der Waals surface area (Å²) >= 11 is 0. The van der Waals surface area contributed by atoms with E-state index in [9.17, 15) is 0 Å². The highest BCUT2D eigenvalue weighted by Gasteiger charge is 2.23. The van der Waals surface area contributed by atoms with Crippen LogP contribution in [-0.4, -0.2) is 6.54 Å². The quantitative estimate of drug-likeness (QED) is 0.791. The first-order chi connectivity index (χ1) is 7.33. The minimum absolute atomic E-state index is 0.595. The molecule has 0 aliphatic heterocycles. The summed E-state index contributed by atoms with van der Waals surface area (Å²) in [5.74, 6) is 0.737. The van der Waals surface area contributed by atoms with E-state index in [1.165, 1.54) is 24.8 Å². The molecule has 0 aromatic heterocycles. The molecule has 1 aliphatic carbocycles. The zero-order chi connectivity index (χ0) is 10.7. The second kappa shape index (κ2) is 4.80. The molecule has 1 aliphatic rings. The van der Waals surface area contributed by atoms with Gasteiger partial charge < -0.3 is 5.32 Å². The van der Waals surface area contributed by atoms with Gasteiger partial charge in [-0.25, -0.2) is 0 Å². The molecule has 2 atom stereocenters. The number of fused-ring (bicyclic) bond motifs is 1. The Bertz CT molecular complexity index is 319. The van der Waals surface area contributed by atoms with E-state index in [4.69, 9.17) is 0 Å². The summed E-state index contributed by atoms with van der Waals surface area (Å²) in [4.78, 5) is 0. The molecule has 0 amide bonds. The largest absolute Gasteiger partial charge is 0.310 e. The molecule has 1 nitrogen and oxygen atoms in total. The molecule has 15 heavy (non-hydrogen) atoms. The lowest BCUT2D eigenvalue weighted by Crippen LogP contribution is -2.26. The van der Waals surface area contributed by atoms with Gasteiger partial charge in [0.05, 0.1) is 0 Å². The summed E-state index contributed by atoms with van der Waals surface area (Å²) in [6.07, 6.45) is 3.82. The first-order valence-electron chi connectivity index (χ1n) is 6.15. The van der Waals surface area contributed by atoms with Crippen LogP contribution in [0, 0.1) is 0 Å². The predicted octanol–water partition coefficient (Wildman–Crippen LogP) is 3.62. The standard InChI is InChI=1S/C14H21N/c1-3-10-15-14-9-8-11(2)12-6-4-5-7-13(12)14/h4-7,11,14-15H,3,8-10H2,1-2H3. The third-order valence-electron chi connectivity index (χ3n) is 3.43. The second-order valence-electron chi connectivity index (χ2n) is 4.61. The van der Waals surface area contributed by atoms with Gasteiger partial charge in [-0.2, -0.15) is 0 Å². The highest BCUT2D eigenvalue weighted by Crippen LogP contribution is 2.36. The fourth-order valence-corrected chi connectivity index (χ4v) is 2.54. The average molecular weight is 203 g/mol. The highest BCUT2D eigenvalue weighted by molar-refractivity contribution is 5.34. The molecule has 0 bridgehead atoms. The van der Waals surface area contributed by atoms with Crippen molar-refractivity contribution in [1.82, 2.24) is 5.32 Å². The van der Waals surface area contributed by atoms with Crippen molar-refractivity contribution in [3.63, 3.8) is 0 Å². The van der Waals surface area contributed by atoms with E-state index in [1.54, 1.807) is 5.56 Å². The highest BCUT2D eigenvalue weighted by atomic mass is 14.9. The minimum atomic E-state index is 0.595. The summed E-state index contributed by atoms with van der Waals surface area (Å²) in [5, 5.41) is 3.65. The number of nitrogens with one attached hydrogen (secondary N) is 1. The van der Waals surface area contributed by atoms with E-state index in [0.717, 1.165) is 12.5 Å². The van der Waals surface area contributed by atoms with Crippen LogP contribution >= 0.6 is 0 Å². The van der Waals surface area contributed by atoms with Crippen molar-refractivity contribution in [3.8, 4) is 0 Å². The molecule has 2 rings (SSSR count). The molecule has 1 aromatic carbocycles. The van der Waals surface area contributed by atoms with Crippen molar-refractivity contribution in [3.05, 3.63) is 35.4 Å². The smallest absolute Gasteiger partial charge is 0.0323 e. The lowest BCUT2D eigenvalue weighted by molar-refractivity contribution is 0.433. The minimum Gasteiger partial charge on any atom is -0.310 e. The van der Waals surface area contributed by atoms with E-state index in [-0.39, 0.29) is 0 Å². The van der Waals surface area contributed by atoms with Crippen molar-refractivity contribution < 1.29 is 0 Å². The fourth-order valence-electron chi connectivity index (χ4n) is 2.54. The van der Waals surface area contributed by atoms with E-state index in [2.05, 4.69) is 43.4 Å². The summed E-state index contributed by atoms with van der Waals surface area (Å²) in [6.45, 7) is 5.70. The Labute approximate surface area is 92.9 Å². The maximum absolute atomic E-state index is 3.65. The Kier molecular flexibility index (Phi) is 3.42. The summed E-state index contributed by atoms with van der Waals surface area (Å²) < 4.78 is 0. The molecule has 1 heteroatoms. The van der Waals surface area contributed by atoms with Gasteiger partial charge in [0.1, 0.15) is 0 Å². The lowest BCUT2D eigenvalue weighted by Gasteiger charge is -2.30. The molecule has 0 saturated carbocycles. The maximum atomic E-state index is 3.65. The number of hydrogen-bond acceptors (Lipinski definition) is 1. The van der Waals surface area contributed by atoms with Crippen molar-refractivity contribution in [2.45, 2.75) is 45.1 Å². The summed E-state index contributed by atoms with van der Waals surface area (Å²) in [5.41, 5.74) is 3.09. The van der Waals surface area contributed by atoms with Gasteiger partial charge >= 0.3 is 0 Å². The van der Waals surface area contributed by atoms with Gasteiger partial charge in [0.15, 0.2) is 0 Å². The summed E-state index contributed by atoms with van der Waals surface area (Å²) in [6, 6.07) is 9.50. The third-order valence-corrected chi connectivity index (χ3v) is 3.43. The fraction of sp³-hybridized carbons (Fsp3) is 0.571. The van der Waals surface area contributed by atoms with Crippen LogP contribution < -0.4 is 5.32 Å². The van der Waals surface area contributed by atoms with Gasteiger partial charge in [0.25, 0.3) is 0 Å². The molecule has 1 N–H and O–H groups in total. The maximum Gasteiger partial charge on any atom is 0.0323 e. The molecular formula is C14H21N. The van der Waals surface area contributed by atoms with Crippen molar-refractivity contribution >= 4 is 0 Å². The number of benzene rings is 1. The van der Waals surface area contributed by atoms with Crippen LogP contribution in [0.25, 0.3) is 0 Å². The Morgan fingerprint density at radius 2 is 1.93 bits per heavy atom. The Morgan fingerprint density at radius 3 is 2.67 bits per heavy atom. The molecule has 0 spiro atoms. The zero-order valence-electron chi connectivity index (χ0n) is 9.79. The van der Waals surface area contributed by atoms with Crippen LogP contribution in [0.4, 0.5) is 0 Å². The van der Waals surface area contributed by atoms with Gasteiger partial charge in [-0.15, -0.1) is 0 Å². The molecule has 1 aromatic rings. The van der Waals surface area contributed by atoms with Crippen LogP contribution in [0.3, 0.4) is 0 Å². The predicted molar refractivity (Wildman–Crippen MR) is 65.1 cm³/mol. The van der Waals surface area contributed by atoms with Gasteiger partial charge in [-0.1, -0.05) is 38.1 Å². The van der Waals surface area contributed by atoms with Crippen molar-refractivity contribution in [1.29, 1.82) is 0 Å². The lowest BCUT2D eigenvalue weighted by atomic mass is 9.81. The van der Waals surface area contributed by atoms with E-state index >= 15 is 0 Å². The van der Waals surface area contributed by atoms with Crippen LogP contribution in [0.1, 0.15) is 56.2 Å². The van der Waals surface area contributed by atoms with E-state index < -0.39 is 0 Å². The monoisotopic (exact) mass is 203 g/mol. The number of rotatable bonds is 3. The first kappa shape index (κ1) is 10.7. The second-order valence-corrected chi connectivity index (χ2v) is 4.61. The summed E-state index contributed by atoms with van der Waals surface area (Å²) in [7, 11) is 0. The topological polar surface area (TPSA) is 12.0 Å². The molecule has 82 valence electrons. The van der Waals surface area contributed by atoms with E-state index in [1.807, 2.05) is 0 Å². The van der Waals surface area contributed by atoms with Crippen molar-refractivity contribution in [2.75, 3.05) is 6.54 Å². The zero-order valence-corrected chi connectivity index (χ0v) is 9.79. The Morgan fingerprint density at radius 1 is 1.20 bits per heavy atom. The molecule has 0 fully saturated rings. The van der Waals surface area contributed by atoms with E-state index in [0.29, 0.717) is 6.04 Å². The van der Waals surface area contributed by atoms with Crippen LogP contribution in [0.2, 0.25) is 0 Å². The molecule has 0 radical (unpaired) electrons.